The van der Waals surface area contributed by atoms with E-state index in [9.17, 15) is 9.59 Å². The van der Waals surface area contributed by atoms with Gasteiger partial charge in [0.15, 0.2) is 0 Å². The zero-order valence-corrected chi connectivity index (χ0v) is 12.4. The smallest absolute Gasteiger partial charge is 0.255 e. The van der Waals surface area contributed by atoms with Gasteiger partial charge in [0.25, 0.3) is 5.91 Å². The number of carbonyl (C=O) groups excluding carboxylic acids is 2. The second-order valence-corrected chi connectivity index (χ2v) is 5.66. The van der Waals surface area contributed by atoms with Gasteiger partial charge in [0.1, 0.15) is 0 Å². The molecule has 2 amide bonds. The van der Waals surface area contributed by atoms with E-state index in [1.807, 2.05) is 31.2 Å². The monoisotopic (exact) mass is 294 g/mol. The summed E-state index contributed by atoms with van der Waals surface area (Å²) in [6, 6.07) is 14.6. The van der Waals surface area contributed by atoms with Crippen LogP contribution in [0.25, 0.3) is 0 Å². The Kier molecular flexibility index (Phi) is 3.92. The summed E-state index contributed by atoms with van der Waals surface area (Å²) in [5, 5.41) is 5.70. The molecule has 22 heavy (non-hydrogen) atoms. The van der Waals surface area contributed by atoms with E-state index >= 15 is 0 Å². The van der Waals surface area contributed by atoms with Crippen molar-refractivity contribution < 1.29 is 9.59 Å². The molecule has 0 aliphatic heterocycles. The number of aryl methyl sites for hydroxylation is 1. The summed E-state index contributed by atoms with van der Waals surface area (Å²) in [6.07, 6.45) is 1.95. The Balaban J connectivity index is 1.62. The van der Waals surface area contributed by atoms with E-state index in [1.165, 1.54) is 0 Å². The lowest BCUT2D eigenvalue weighted by Crippen LogP contribution is -2.14. The molecule has 0 unspecified atom stereocenters. The number of hydrogen-bond donors (Lipinski definition) is 2. The fourth-order valence-electron chi connectivity index (χ4n) is 2.13. The van der Waals surface area contributed by atoms with Gasteiger partial charge in [-0.05, 0) is 56.2 Å². The lowest BCUT2D eigenvalue weighted by atomic mass is 10.1. The third kappa shape index (κ3) is 3.52. The number of benzene rings is 2. The Morgan fingerprint density at radius 3 is 2.00 bits per heavy atom. The minimum atomic E-state index is -0.163. The highest BCUT2D eigenvalue weighted by atomic mass is 16.2. The lowest BCUT2D eigenvalue weighted by molar-refractivity contribution is -0.117. The standard InChI is InChI=1S/C18H18N2O2/c1-12-2-8-15(9-3-12)19-18(22)14-6-10-16(11-7-14)20-17(21)13-4-5-13/h2-3,6-11,13H,4-5H2,1H3,(H,19,22)(H,20,21). The fourth-order valence-corrected chi connectivity index (χ4v) is 2.13. The van der Waals surface area contributed by atoms with Crippen LogP contribution in [-0.2, 0) is 4.79 Å². The van der Waals surface area contributed by atoms with Crippen LogP contribution in [0.1, 0.15) is 28.8 Å². The minimum Gasteiger partial charge on any atom is -0.326 e. The number of carbonyl (C=O) groups is 2. The molecule has 0 atom stereocenters. The van der Waals surface area contributed by atoms with E-state index in [0.29, 0.717) is 5.56 Å². The molecule has 4 nitrogen and oxygen atoms in total. The summed E-state index contributed by atoms with van der Waals surface area (Å²) >= 11 is 0. The molecule has 1 fully saturated rings. The molecule has 1 saturated carbocycles. The molecule has 0 spiro atoms. The van der Waals surface area contributed by atoms with Crippen molar-refractivity contribution in [3.8, 4) is 0 Å². The first-order chi connectivity index (χ1) is 10.6. The van der Waals surface area contributed by atoms with E-state index in [2.05, 4.69) is 10.6 Å². The fraction of sp³-hybridized carbons (Fsp3) is 0.222. The van der Waals surface area contributed by atoms with E-state index in [0.717, 1.165) is 29.8 Å². The maximum Gasteiger partial charge on any atom is 0.255 e. The highest BCUT2D eigenvalue weighted by Gasteiger charge is 2.29. The van der Waals surface area contributed by atoms with Crippen LogP contribution in [0.3, 0.4) is 0 Å². The van der Waals surface area contributed by atoms with Crippen LogP contribution in [0.4, 0.5) is 11.4 Å². The van der Waals surface area contributed by atoms with Crippen LogP contribution >= 0.6 is 0 Å². The Bertz CT molecular complexity index is 686. The van der Waals surface area contributed by atoms with Gasteiger partial charge in [-0.3, -0.25) is 9.59 Å². The van der Waals surface area contributed by atoms with Crippen LogP contribution in [0, 0.1) is 12.8 Å². The normalized spacial score (nSPS) is 13.5. The van der Waals surface area contributed by atoms with E-state index in [1.54, 1.807) is 24.3 Å². The van der Waals surface area contributed by atoms with Crippen LogP contribution in [0.5, 0.6) is 0 Å². The van der Waals surface area contributed by atoms with E-state index in [-0.39, 0.29) is 17.7 Å². The van der Waals surface area contributed by atoms with E-state index in [4.69, 9.17) is 0 Å². The second-order valence-electron chi connectivity index (χ2n) is 5.66. The maximum absolute atomic E-state index is 12.2. The number of hydrogen-bond acceptors (Lipinski definition) is 2. The zero-order chi connectivity index (χ0) is 15.5. The minimum absolute atomic E-state index is 0.0665. The van der Waals surface area contributed by atoms with Crippen molar-refractivity contribution in [3.05, 3.63) is 59.7 Å². The van der Waals surface area contributed by atoms with Gasteiger partial charge in [-0.2, -0.15) is 0 Å². The van der Waals surface area contributed by atoms with Crippen molar-refractivity contribution in [1.82, 2.24) is 0 Å². The SMILES string of the molecule is Cc1ccc(NC(=O)c2ccc(NC(=O)C3CC3)cc2)cc1. The number of amides is 2. The van der Waals surface area contributed by atoms with Crippen molar-refractivity contribution >= 4 is 23.2 Å². The molecule has 0 aromatic heterocycles. The predicted molar refractivity (Wildman–Crippen MR) is 86.9 cm³/mol. The summed E-state index contributed by atoms with van der Waals surface area (Å²) in [5.41, 5.74) is 3.20. The lowest BCUT2D eigenvalue weighted by Gasteiger charge is -2.07. The topological polar surface area (TPSA) is 58.2 Å². The van der Waals surface area contributed by atoms with Gasteiger partial charge >= 0.3 is 0 Å². The van der Waals surface area contributed by atoms with Gasteiger partial charge in [0.2, 0.25) is 5.91 Å². The average Bonchev–Trinajstić information content (AvgIpc) is 3.35. The van der Waals surface area contributed by atoms with Crippen molar-refractivity contribution in [1.29, 1.82) is 0 Å². The molecule has 0 bridgehead atoms. The summed E-state index contributed by atoms with van der Waals surface area (Å²) in [4.78, 5) is 23.8. The molecule has 1 aliphatic rings. The Morgan fingerprint density at radius 1 is 0.864 bits per heavy atom. The predicted octanol–water partition coefficient (Wildman–Crippen LogP) is 3.60. The summed E-state index contributed by atoms with van der Waals surface area (Å²) in [5.74, 6) is 0.0743. The molecule has 0 heterocycles. The van der Waals surface area contributed by atoms with Gasteiger partial charge < -0.3 is 10.6 Å². The second kappa shape index (κ2) is 6.02. The maximum atomic E-state index is 12.2. The third-order valence-electron chi connectivity index (χ3n) is 3.67. The van der Waals surface area contributed by atoms with Crippen molar-refractivity contribution in [2.45, 2.75) is 19.8 Å². The zero-order valence-electron chi connectivity index (χ0n) is 12.4. The average molecular weight is 294 g/mol. The first kappa shape index (κ1) is 14.3. The van der Waals surface area contributed by atoms with Gasteiger partial charge in [-0.1, -0.05) is 17.7 Å². The molecule has 1 aliphatic carbocycles. The molecule has 2 N–H and O–H groups in total. The molecule has 2 aromatic rings. The molecule has 3 rings (SSSR count). The van der Waals surface area contributed by atoms with Gasteiger partial charge in [0, 0.05) is 22.9 Å². The van der Waals surface area contributed by atoms with Gasteiger partial charge in [-0.15, -0.1) is 0 Å². The summed E-state index contributed by atoms with van der Waals surface area (Å²) < 4.78 is 0. The molecule has 4 heteroatoms. The van der Waals surface area contributed by atoms with Crippen LogP contribution < -0.4 is 10.6 Å². The number of nitrogens with one attached hydrogen (secondary N) is 2. The quantitative estimate of drug-likeness (QED) is 0.905. The Hall–Kier alpha value is -2.62. The molecular formula is C18H18N2O2. The Labute approximate surface area is 129 Å². The largest absolute Gasteiger partial charge is 0.326 e. The van der Waals surface area contributed by atoms with Crippen molar-refractivity contribution in [2.24, 2.45) is 5.92 Å². The molecule has 0 radical (unpaired) electrons. The van der Waals surface area contributed by atoms with Crippen molar-refractivity contribution in [2.75, 3.05) is 10.6 Å². The first-order valence-corrected chi connectivity index (χ1v) is 7.41. The van der Waals surface area contributed by atoms with Crippen LogP contribution in [0.15, 0.2) is 48.5 Å². The Morgan fingerprint density at radius 2 is 1.41 bits per heavy atom. The summed E-state index contributed by atoms with van der Waals surface area (Å²) in [7, 11) is 0. The highest BCUT2D eigenvalue weighted by molar-refractivity contribution is 6.04. The van der Waals surface area contributed by atoms with Crippen LogP contribution in [0.2, 0.25) is 0 Å². The van der Waals surface area contributed by atoms with Crippen molar-refractivity contribution in [3.63, 3.8) is 0 Å². The third-order valence-corrected chi connectivity index (χ3v) is 3.67. The number of rotatable bonds is 4. The van der Waals surface area contributed by atoms with Crippen LogP contribution in [-0.4, -0.2) is 11.8 Å². The van der Waals surface area contributed by atoms with Gasteiger partial charge in [-0.25, -0.2) is 0 Å². The number of anilines is 2. The summed E-state index contributed by atoms with van der Waals surface area (Å²) in [6.45, 7) is 2.00. The van der Waals surface area contributed by atoms with Gasteiger partial charge in [0.05, 0.1) is 0 Å². The first-order valence-electron chi connectivity index (χ1n) is 7.41. The highest BCUT2D eigenvalue weighted by Crippen LogP contribution is 2.30. The molecular weight excluding hydrogens is 276 g/mol. The molecule has 2 aromatic carbocycles. The van der Waals surface area contributed by atoms with E-state index < -0.39 is 0 Å². The molecule has 112 valence electrons. The molecule has 0 saturated heterocycles.